The topological polar surface area (TPSA) is 81.3 Å². The Morgan fingerprint density at radius 2 is 1.96 bits per heavy atom. The lowest BCUT2D eigenvalue weighted by Gasteiger charge is -2.17. The number of rotatable bonds is 5. The zero-order chi connectivity index (χ0) is 17.8. The van der Waals surface area contributed by atoms with Crippen LogP contribution in [0.1, 0.15) is 5.56 Å². The minimum atomic E-state index is -0.476. The summed E-state index contributed by atoms with van der Waals surface area (Å²) in [6, 6.07) is 15.4. The van der Waals surface area contributed by atoms with Crippen LogP contribution in [0.3, 0.4) is 0 Å². The summed E-state index contributed by atoms with van der Waals surface area (Å²) >= 11 is 0. The molecule has 25 heavy (non-hydrogen) atoms. The molecule has 0 aliphatic carbocycles. The first-order valence-electron chi connectivity index (χ1n) is 7.64. The minimum Gasteiger partial charge on any atom is -0.315 e. The van der Waals surface area contributed by atoms with Crippen LogP contribution in [0.5, 0.6) is 0 Å². The lowest BCUT2D eigenvalue weighted by molar-refractivity contribution is -0.384. The van der Waals surface area contributed by atoms with Gasteiger partial charge < -0.3 is 4.90 Å². The molecule has 0 bridgehead atoms. The molecule has 0 spiro atoms. The van der Waals surface area contributed by atoms with Crippen LogP contribution in [-0.2, 0) is 11.2 Å². The van der Waals surface area contributed by atoms with Crippen molar-refractivity contribution in [2.24, 2.45) is 0 Å². The van der Waals surface area contributed by atoms with Gasteiger partial charge in [0.15, 0.2) is 0 Å². The molecule has 1 amide bonds. The molecule has 3 aromatic rings. The smallest absolute Gasteiger partial charge is 0.271 e. The number of non-ortho nitro benzene ring substituents is 1. The molecule has 1 aromatic heterocycles. The molecule has 0 fully saturated rings. The summed E-state index contributed by atoms with van der Waals surface area (Å²) in [4.78, 5) is 24.3. The van der Waals surface area contributed by atoms with Gasteiger partial charge in [-0.05, 0) is 29.8 Å². The van der Waals surface area contributed by atoms with Gasteiger partial charge in [-0.1, -0.05) is 18.2 Å². The molecule has 0 N–H and O–H groups in total. The first-order valence-corrected chi connectivity index (χ1v) is 7.64. The number of anilines is 1. The zero-order valence-electron chi connectivity index (χ0n) is 13.6. The van der Waals surface area contributed by atoms with Crippen LogP contribution in [0.15, 0.2) is 67.0 Å². The van der Waals surface area contributed by atoms with E-state index in [0.717, 1.165) is 11.3 Å². The standard InChI is InChI=1S/C18H16N4O3/c1-20(16-4-2-5-17(13-16)22(24)25)18(23)12-14-6-8-15(9-7-14)21-11-3-10-19-21/h2-11,13H,12H2,1H3. The number of hydrogen-bond acceptors (Lipinski definition) is 4. The Morgan fingerprint density at radius 1 is 1.20 bits per heavy atom. The van der Waals surface area contributed by atoms with Crippen LogP contribution in [0, 0.1) is 10.1 Å². The molecule has 0 saturated heterocycles. The Labute approximate surface area is 144 Å². The van der Waals surface area contributed by atoms with E-state index in [9.17, 15) is 14.9 Å². The second kappa shape index (κ2) is 6.96. The second-order valence-electron chi connectivity index (χ2n) is 5.52. The van der Waals surface area contributed by atoms with Crippen LogP contribution in [0.4, 0.5) is 11.4 Å². The average Bonchev–Trinajstić information content (AvgIpc) is 3.16. The highest BCUT2D eigenvalue weighted by atomic mass is 16.6. The van der Waals surface area contributed by atoms with Gasteiger partial charge >= 0.3 is 0 Å². The maximum atomic E-state index is 12.4. The second-order valence-corrected chi connectivity index (χ2v) is 5.52. The molecule has 0 aliphatic heterocycles. The number of amides is 1. The first kappa shape index (κ1) is 16.4. The first-order chi connectivity index (χ1) is 12.0. The van der Waals surface area contributed by atoms with E-state index >= 15 is 0 Å². The normalized spacial score (nSPS) is 10.4. The molecule has 7 heteroatoms. The van der Waals surface area contributed by atoms with E-state index in [1.807, 2.05) is 36.5 Å². The highest BCUT2D eigenvalue weighted by molar-refractivity contribution is 5.94. The quantitative estimate of drug-likeness (QED) is 0.530. The molecule has 0 radical (unpaired) electrons. The predicted octanol–water partition coefficient (Wildman–Crippen LogP) is 2.99. The van der Waals surface area contributed by atoms with E-state index in [-0.39, 0.29) is 18.0 Å². The number of aromatic nitrogens is 2. The Balaban J connectivity index is 1.71. The molecule has 3 rings (SSSR count). The molecule has 0 aliphatic rings. The predicted molar refractivity (Wildman–Crippen MR) is 93.8 cm³/mol. The molecular weight excluding hydrogens is 320 g/mol. The van der Waals surface area contributed by atoms with E-state index < -0.39 is 4.92 Å². The van der Waals surface area contributed by atoms with E-state index in [1.54, 1.807) is 30.1 Å². The molecule has 0 saturated carbocycles. The van der Waals surface area contributed by atoms with E-state index in [4.69, 9.17) is 0 Å². The van der Waals surface area contributed by atoms with Crippen molar-refractivity contribution in [2.45, 2.75) is 6.42 Å². The monoisotopic (exact) mass is 336 g/mol. The average molecular weight is 336 g/mol. The van der Waals surface area contributed by atoms with Gasteiger partial charge in [0.2, 0.25) is 5.91 Å². The number of hydrogen-bond donors (Lipinski definition) is 0. The van der Waals surface area contributed by atoms with Crippen molar-refractivity contribution in [3.63, 3.8) is 0 Å². The van der Waals surface area contributed by atoms with Crippen molar-refractivity contribution >= 4 is 17.3 Å². The molecular formula is C18H16N4O3. The summed E-state index contributed by atoms with van der Waals surface area (Å²) < 4.78 is 1.74. The van der Waals surface area contributed by atoms with E-state index in [2.05, 4.69) is 5.10 Å². The van der Waals surface area contributed by atoms with Crippen molar-refractivity contribution in [3.8, 4) is 5.69 Å². The SMILES string of the molecule is CN(C(=O)Cc1ccc(-n2cccn2)cc1)c1cccc([N+](=O)[O-])c1. The Morgan fingerprint density at radius 3 is 2.60 bits per heavy atom. The Hall–Kier alpha value is -3.48. The van der Waals surface area contributed by atoms with Crippen LogP contribution >= 0.6 is 0 Å². The van der Waals surface area contributed by atoms with E-state index in [1.165, 1.54) is 17.0 Å². The number of nitro groups is 1. The maximum Gasteiger partial charge on any atom is 0.271 e. The maximum absolute atomic E-state index is 12.4. The van der Waals surface area contributed by atoms with Gasteiger partial charge in [-0.15, -0.1) is 0 Å². The van der Waals surface area contributed by atoms with Crippen molar-refractivity contribution < 1.29 is 9.72 Å². The fourth-order valence-electron chi connectivity index (χ4n) is 2.44. The van der Waals surface area contributed by atoms with Crippen LogP contribution in [0.2, 0.25) is 0 Å². The lowest BCUT2D eigenvalue weighted by Crippen LogP contribution is -2.27. The molecule has 2 aromatic carbocycles. The third-order valence-corrected chi connectivity index (χ3v) is 3.86. The van der Waals surface area contributed by atoms with Crippen molar-refractivity contribution in [1.29, 1.82) is 0 Å². The molecule has 7 nitrogen and oxygen atoms in total. The molecule has 0 unspecified atom stereocenters. The molecule has 126 valence electrons. The van der Waals surface area contributed by atoms with E-state index in [0.29, 0.717) is 5.69 Å². The summed E-state index contributed by atoms with van der Waals surface area (Å²) in [5, 5.41) is 15.0. The zero-order valence-corrected chi connectivity index (χ0v) is 13.6. The number of nitrogens with zero attached hydrogens (tertiary/aromatic N) is 4. The number of carbonyl (C=O) groups is 1. The third kappa shape index (κ3) is 3.72. The largest absolute Gasteiger partial charge is 0.315 e. The van der Waals surface area contributed by atoms with Gasteiger partial charge in [-0.25, -0.2) is 4.68 Å². The minimum absolute atomic E-state index is 0.0410. The number of benzene rings is 2. The number of likely N-dealkylation sites (N-methyl/N-ethyl adjacent to an activating group) is 1. The van der Waals surface area contributed by atoms with Gasteiger partial charge in [0.1, 0.15) is 0 Å². The lowest BCUT2D eigenvalue weighted by atomic mass is 10.1. The summed E-state index contributed by atoms with van der Waals surface area (Å²) in [6.45, 7) is 0. The summed E-state index contributed by atoms with van der Waals surface area (Å²) in [6.07, 6.45) is 3.75. The van der Waals surface area contributed by atoms with Crippen molar-refractivity contribution in [2.75, 3.05) is 11.9 Å². The highest BCUT2D eigenvalue weighted by Crippen LogP contribution is 2.21. The van der Waals surface area contributed by atoms with Crippen LogP contribution < -0.4 is 4.90 Å². The summed E-state index contributed by atoms with van der Waals surface area (Å²) in [5.41, 5.74) is 2.22. The van der Waals surface area contributed by atoms with Gasteiger partial charge in [0.25, 0.3) is 5.69 Å². The van der Waals surface area contributed by atoms with Crippen molar-refractivity contribution in [3.05, 3.63) is 82.7 Å². The number of nitro benzene ring substituents is 1. The van der Waals surface area contributed by atoms with Crippen LogP contribution in [0.25, 0.3) is 5.69 Å². The Bertz CT molecular complexity index is 889. The summed E-state index contributed by atoms with van der Waals surface area (Å²) in [5.74, 6) is -0.146. The fraction of sp³-hybridized carbons (Fsp3) is 0.111. The summed E-state index contributed by atoms with van der Waals surface area (Å²) in [7, 11) is 1.61. The van der Waals surface area contributed by atoms with Gasteiger partial charge in [0, 0.05) is 31.6 Å². The Kier molecular flexibility index (Phi) is 4.56. The number of carbonyl (C=O) groups excluding carboxylic acids is 1. The van der Waals surface area contributed by atoms with Gasteiger partial charge in [0.05, 0.1) is 22.7 Å². The van der Waals surface area contributed by atoms with Gasteiger partial charge in [-0.3, -0.25) is 14.9 Å². The third-order valence-electron chi connectivity index (χ3n) is 3.86. The van der Waals surface area contributed by atoms with Gasteiger partial charge in [-0.2, -0.15) is 5.10 Å². The highest BCUT2D eigenvalue weighted by Gasteiger charge is 2.14. The molecule has 0 atom stereocenters. The molecule has 1 heterocycles. The van der Waals surface area contributed by atoms with Crippen molar-refractivity contribution in [1.82, 2.24) is 9.78 Å². The van der Waals surface area contributed by atoms with Crippen LogP contribution in [-0.4, -0.2) is 27.7 Å². The fourth-order valence-corrected chi connectivity index (χ4v) is 2.44.